The Labute approximate surface area is 175 Å². The van der Waals surface area contributed by atoms with Crippen molar-refractivity contribution in [2.75, 3.05) is 6.54 Å². The van der Waals surface area contributed by atoms with Gasteiger partial charge < -0.3 is 9.30 Å². The molecule has 2 aromatic rings. The number of piperidine rings is 1. The second-order valence-electron chi connectivity index (χ2n) is 9.12. The number of hydrogen-bond acceptors (Lipinski definition) is 6. The van der Waals surface area contributed by atoms with Gasteiger partial charge in [-0.25, -0.2) is 9.78 Å². The number of ether oxygens (including phenoxy) is 1. The number of esters is 1. The first-order chi connectivity index (χ1) is 14.3. The molecule has 0 N–H and O–H groups in total. The third kappa shape index (κ3) is 3.71. The Bertz CT molecular complexity index is 1050. The van der Waals surface area contributed by atoms with Crippen molar-refractivity contribution < 1.29 is 9.53 Å². The Kier molecular flexibility index (Phi) is 5.57. The molecule has 2 atom stereocenters. The third-order valence-corrected chi connectivity index (χ3v) is 6.53. The smallest absolute Gasteiger partial charge is 0.332 e. The zero-order valence-electron chi connectivity index (χ0n) is 18.2. The molecule has 4 rings (SSSR count). The molecule has 0 radical (unpaired) electrons. The van der Waals surface area contributed by atoms with E-state index in [9.17, 15) is 14.4 Å². The number of aryl methyl sites for hydroxylation is 1. The summed E-state index contributed by atoms with van der Waals surface area (Å²) < 4.78 is 10.1. The monoisotopic (exact) mass is 417 g/mol. The molecule has 2 bridgehead atoms. The summed E-state index contributed by atoms with van der Waals surface area (Å²) in [5.41, 5.74) is 0.195. The average Bonchev–Trinajstić information content (AvgIpc) is 3.20. The lowest BCUT2D eigenvalue weighted by Crippen LogP contribution is -2.47. The lowest BCUT2D eigenvalue weighted by molar-refractivity contribution is -0.153. The molecule has 2 saturated heterocycles. The van der Waals surface area contributed by atoms with Crippen molar-refractivity contribution in [2.45, 2.75) is 70.7 Å². The van der Waals surface area contributed by atoms with Gasteiger partial charge in [0.25, 0.3) is 5.56 Å². The maximum absolute atomic E-state index is 12.6. The zero-order chi connectivity index (χ0) is 21.6. The fourth-order valence-corrected chi connectivity index (χ4v) is 5.04. The van der Waals surface area contributed by atoms with Crippen LogP contribution in [0, 0.1) is 5.92 Å². The highest BCUT2D eigenvalue weighted by molar-refractivity contribution is 5.70. The van der Waals surface area contributed by atoms with E-state index in [0.29, 0.717) is 42.1 Å². The first-order valence-electron chi connectivity index (χ1n) is 10.8. The van der Waals surface area contributed by atoms with Gasteiger partial charge in [-0.1, -0.05) is 13.8 Å². The molecule has 2 fully saturated rings. The van der Waals surface area contributed by atoms with Gasteiger partial charge in [0.1, 0.15) is 6.10 Å². The van der Waals surface area contributed by atoms with Gasteiger partial charge in [-0.3, -0.25) is 23.6 Å². The van der Waals surface area contributed by atoms with Gasteiger partial charge in [0.2, 0.25) is 0 Å². The van der Waals surface area contributed by atoms with E-state index in [1.54, 1.807) is 13.4 Å². The second kappa shape index (κ2) is 8.02. The number of imidazole rings is 1. The highest BCUT2D eigenvalue weighted by atomic mass is 16.5. The summed E-state index contributed by atoms with van der Waals surface area (Å²) in [5.74, 6) is 0.223. The number of carbonyl (C=O) groups excluding carboxylic acids is 1. The fraction of sp³-hybridized carbons (Fsp3) is 0.714. The Hall–Kier alpha value is -2.42. The summed E-state index contributed by atoms with van der Waals surface area (Å²) in [4.78, 5) is 43.6. The first kappa shape index (κ1) is 20.8. The van der Waals surface area contributed by atoms with Gasteiger partial charge in [-0.05, 0) is 18.8 Å². The number of nitrogens with zero attached hydrogens (tertiary/aromatic N) is 5. The van der Waals surface area contributed by atoms with Crippen molar-refractivity contribution in [3.8, 4) is 0 Å². The first-order valence-corrected chi connectivity index (χ1v) is 10.8. The summed E-state index contributed by atoms with van der Waals surface area (Å²) in [7, 11) is 3.13. The molecule has 2 aliphatic rings. The van der Waals surface area contributed by atoms with E-state index in [1.807, 2.05) is 18.4 Å². The van der Waals surface area contributed by atoms with Crippen LogP contribution in [0.4, 0.5) is 0 Å². The Balaban J connectivity index is 1.44. The van der Waals surface area contributed by atoms with E-state index in [4.69, 9.17) is 4.74 Å². The predicted octanol–water partition coefficient (Wildman–Crippen LogP) is 1.02. The average molecular weight is 418 g/mol. The van der Waals surface area contributed by atoms with Crippen LogP contribution in [0.2, 0.25) is 0 Å². The second-order valence-corrected chi connectivity index (χ2v) is 9.12. The Morgan fingerprint density at radius 2 is 1.80 bits per heavy atom. The number of fused-ring (bicyclic) bond motifs is 3. The maximum Gasteiger partial charge on any atom is 0.332 e. The van der Waals surface area contributed by atoms with E-state index in [1.165, 1.54) is 11.6 Å². The van der Waals surface area contributed by atoms with Crippen LogP contribution in [-0.4, -0.2) is 54.3 Å². The van der Waals surface area contributed by atoms with Crippen LogP contribution in [0.5, 0.6) is 0 Å². The minimum Gasteiger partial charge on any atom is -0.462 e. The molecule has 0 saturated carbocycles. The lowest BCUT2D eigenvalue weighted by Gasteiger charge is -2.38. The van der Waals surface area contributed by atoms with Crippen molar-refractivity contribution in [3.63, 3.8) is 0 Å². The summed E-state index contributed by atoms with van der Waals surface area (Å²) in [5, 5.41) is 0. The largest absolute Gasteiger partial charge is 0.462 e. The molecular formula is C21H31N5O4. The molecule has 2 aliphatic heterocycles. The van der Waals surface area contributed by atoms with Crippen LogP contribution >= 0.6 is 0 Å². The van der Waals surface area contributed by atoms with Crippen LogP contribution in [0.25, 0.3) is 11.2 Å². The quantitative estimate of drug-likeness (QED) is 0.652. The summed E-state index contributed by atoms with van der Waals surface area (Å²) in [6.45, 7) is 5.49. The van der Waals surface area contributed by atoms with Gasteiger partial charge in [0.15, 0.2) is 11.2 Å². The van der Waals surface area contributed by atoms with Crippen LogP contribution in [0.15, 0.2) is 15.9 Å². The lowest BCUT2D eigenvalue weighted by atomic mass is 9.99. The van der Waals surface area contributed by atoms with Crippen molar-refractivity contribution in [3.05, 3.63) is 27.2 Å². The van der Waals surface area contributed by atoms with E-state index in [0.717, 1.165) is 36.8 Å². The maximum atomic E-state index is 12.6. The minimum atomic E-state index is -0.370. The molecule has 0 amide bonds. The Morgan fingerprint density at radius 3 is 2.43 bits per heavy atom. The summed E-state index contributed by atoms with van der Waals surface area (Å²) in [6, 6.07) is 0.810. The molecule has 0 aromatic carbocycles. The predicted molar refractivity (Wildman–Crippen MR) is 112 cm³/mol. The molecule has 0 aliphatic carbocycles. The van der Waals surface area contributed by atoms with E-state index in [-0.39, 0.29) is 23.3 Å². The van der Waals surface area contributed by atoms with Crippen molar-refractivity contribution in [2.24, 2.45) is 20.0 Å². The van der Waals surface area contributed by atoms with Crippen LogP contribution in [0.1, 0.15) is 46.0 Å². The van der Waals surface area contributed by atoms with E-state index >= 15 is 0 Å². The van der Waals surface area contributed by atoms with Crippen LogP contribution < -0.4 is 11.2 Å². The Morgan fingerprint density at radius 1 is 1.13 bits per heavy atom. The SMILES string of the molecule is CC(C)CC(=O)OC1CC2CCC(C1)N2CCn1cnc2c1c(=O)n(C)c(=O)n2C. The molecular weight excluding hydrogens is 386 g/mol. The number of carbonyl (C=O) groups is 1. The summed E-state index contributed by atoms with van der Waals surface area (Å²) >= 11 is 0. The molecule has 9 heteroatoms. The number of rotatable bonds is 6. The normalized spacial score (nSPS) is 24.1. The van der Waals surface area contributed by atoms with Gasteiger partial charge in [-0.2, -0.15) is 0 Å². The van der Waals surface area contributed by atoms with Gasteiger partial charge in [0, 0.05) is 58.5 Å². The zero-order valence-corrected chi connectivity index (χ0v) is 18.2. The standard InChI is InChI=1S/C21H31N5O4/c1-13(2)9-17(27)30-16-10-14-5-6-15(11-16)26(14)8-7-25-12-22-19-18(25)20(28)24(4)21(29)23(19)3/h12-16H,5-11H2,1-4H3. The molecule has 2 unspecified atom stereocenters. The molecule has 2 aromatic heterocycles. The van der Waals surface area contributed by atoms with Crippen LogP contribution in [-0.2, 0) is 30.2 Å². The molecule has 4 heterocycles. The van der Waals surface area contributed by atoms with E-state index < -0.39 is 0 Å². The number of hydrogen-bond donors (Lipinski definition) is 0. The fourth-order valence-electron chi connectivity index (χ4n) is 5.04. The van der Waals surface area contributed by atoms with Crippen molar-refractivity contribution in [1.82, 2.24) is 23.6 Å². The van der Waals surface area contributed by atoms with Crippen molar-refractivity contribution >= 4 is 17.1 Å². The highest BCUT2D eigenvalue weighted by Crippen LogP contribution is 2.37. The summed E-state index contributed by atoms with van der Waals surface area (Å²) in [6.07, 6.45) is 6.12. The van der Waals surface area contributed by atoms with E-state index in [2.05, 4.69) is 9.88 Å². The molecule has 30 heavy (non-hydrogen) atoms. The topological polar surface area (TPSA) is 91.4 Å². The highest BCUT2D eigenvalue weighted by Gasteiger charge is 2.41. The molecule has 164 valence electrons. The number of aromatic nitrogens is 4. The minimum absolute atomic E-state index is 0.0147. The van der Waals surface area contributed by atoms with Crippen LogP contribution in [0.3, 0.4) is 0 Å². The van der Waals surface area contributed by atoms with Gasteiger partial charge >= 0.3 is 11.7 Å². The van der Waals surface area contributed by atoms with Gasteiger partial charge in [0.05, 0.1) is 6.33 Å². The third-order valence-electron chi connectivity index (χ3n) is 6.53. The van der Waals surface area contributed by atoms with Gasteiger partial charge in [-0.15, -0.1) is 0 Å². The molecule has 0 spiro atoms. The van der Waals surface area contributed by atoms with Crippen molar-refractivity contribution in [1.29, 1.82) is 0 Å². The molecule has 9 nitrogen and oxygen atoms in total.